The van der Waals surface area contributed by atoms with Gasteiger partial charge in [0.25, 0.3) is 0 Å². The number of hydrogen-bond donors (Lipinski definition) is 1. The summed E-state index contributed by atoms with van der Waals surface area (Å²) in [5, 5.41) is 3.56. The third-order valence-electron chi connectivity index (χ3n) is 4.55. The molecule has 0 bridgehead atoms. The van der Waals surface area contributed by atoms with Crippen molar-refractivity contribution in [3.63, 3.8) is 0 Å². The molecule has 3 rings (SSSR count). The Balaban J connectivity index is 2.18. The van der Waals surface area contributed by atoms with Gasteiger partial charge < -0.3 is 14.8 Å². The van der Waals surface area contributed by atoms with E-state index in [9.17, 15) is 0 Å². The predicted molar refractivity (Wildman–Crippen MR) is 89.1 cm³/mol. The third kappa shape index (κ3) is 2.57. The molecule has 116 valence electrons. The van der Waals surface area contributed by atoms with Crippen LogP contribution in [0.4, 0.5) is 0 Å². The first-order valence-corrected chi connectivity index (χ1v) is 7.76. The smallest absolute Gasteiger partial charge is 0.163 e. The summed E-state index contributed by atoms with van der Waals surface area (Å²) in [7, 11) is 3.41. The van der Waals surface area contributed by atoms with E-state index in [0.29, 0.717) is 5.92 Å². The van der Waals surface area contributed by atoms with Crippen LogP contribution in [-0.2, 0) is 6.42 Å². The molecular formula is C19H23NO2. The lowest BCUT2D eigenvalue weighted by Gasteiger charge is -2.22. The molecule has 0 radical (unpaired) electrons. The van der Waals surface area contributed by atoms with Crippen molar-refractivity contribution < 1.29 is 9.47 Å². The van der Waals surface area contributed by atoms with E-state index in [1.807, 2.05) is 0 Å². The Morgan fingerprint density at radius 3 is 2.55 bits per heavy atom. The normalized spacial score (nSPS) is 17.5. The Hall–Kier alpha value is -2.00. The number of benzene rings is 2. The van der Waals surface area contributed by atoms with Crippen LogP contribution < -0.4 is 14.8 Å². The van der Waals surface area contributed by atoms with Crippen LogP contribution >= 0.6 is 0 Å². The fourth-order valence-corrected chi connectivity index (χ4v) is 3.43. The topological polar surface area (TPSA) is 30.5 Å². The summed E-state index contributed by atoms with van der Waals surface area (Å²) in [6.07, 6.45) is 1.02. The van der Waals surface area contributed by atoms with Gasteiger partial charge in [0.05, 0.1) is 14.2 Å². The third-order valence-corrected chi connectivity index (χ3v) is 4.55. The molecule has 1 aliphatic heterocycles. The van der Waals surface area contributed by atoms with Crippen molar-refractivity contribution in [2.45, 2.75) is 19.3 Å². The van der Waals surface area contributed by atoms with Gasteiger partial charge in [-0.1, -0.05) is 30.3 Å². The van der Waals surface area contributed by atoms with Crippen LogP contribution in [-0.4, -0.2) is 27.3 Å². The minimum atomic E-state index is 0.345. The van der Waals surface area contributed by atoms with Gasteiger partial charge in [0.1, 0.15) is 0 Å². The molecule has 22 heavy (non-hydrogen) atoms. The average Bonchev–Trinajstić information content (AvgIpc) is 2.78. The first kappa shape index (κ1) is 14.9. The van der Waals surface area contributed by atoms with Gasteiger partial charge in [-0.2, -0.15) is 0 Å². The lowest BCUT2D eigenvalue weighted by atomic mass is 9.86. The second-order valence-electron chi connectivity index (χ2n) is 5.72. The van der Waals surface area contributed by atoms with Gasteiger partial charge in [-0.25, -0.2) is 0 Å². The minimum Gasteiger partial charge on any atom is -0.493 e. The van der Waals surface area contributed by atoms with E-state index in [1.165, 1.54) is 22.3 Å². The lowest BCUT2D eigenvalue weighted by Crippen LogP contribution is -2.20. The van der Waals surface area contributed by atoms with Crippen LogP contribution in [0.25, 0.3) is 0 Å². The molecular weight excluding hydrogens is 274 g/mol. The maximum absolute atomic E-state index is 5.57. The number of ether oxygens (including phenoxy) is 2. The lowest BCUT2D eigenvalue weighted by molar-refractivity contribution is 0.352. The monoisotopic (exact) mass is 297 g/mol. The molecule has 0 saturated heterocycles. The van der Waals surface area contributed by atoms with E-state index >= 15 is 0 Å². The highest BCUT2D eigenvalue weighted by Crippen LogP contribution is 2.40. The summed E-state index contributed by atoms with van der Waals surface area (Å²) in [5.74, 6) is 2.02. The molecule has 0 spiro atoms. The van der Waals surface area contributed by atoms with Gasteiger partial charge in [-0.3, -0.25) is 0 Å². The van der Waals surface area contributed by atoms with Gasteiger partial charge in [0.15, 0.2) is 11.5 Å². The molecule has 1 unspecified atom stereocenters. The molecule has 0 aliphatic carbocycles. The maximum Gasteiger partial charge on any atom is 0.163 e. The summed E-state index contributed by atoms with van der Waals surface area (Å²) >= 11 is 0. The second-order valence-corrected chi connectivity index (χ2v) is 5.72. The molecule has 2 aromatic carbocycles. The highest BCUT2D eigenvalue weighted by atomic mass is 16.5. The summed E-state index contributed by atoms with van der Waals surface area (Å²) < 4.78 is 11.1. The molecule has 1 heterocycles. The molecule has 3 heteroatoms. The predicted octanol–water partition coefficient (Wildman–Crippen LogP) is 3.29. The van der Waals surface area contributed by atoms with Crippen molar-refractivity contribution in [1.82, 2.24) is 5.32 Å². The number of fused-ring (bicyclic) bond motifs is 1. The number of methoxy groups -OCH3 is 2. The Kier molecular flexibility index (Phi) is 4.34. The first-order valence-electron chi connectivity index (χ1n) is 7.76. The minimum absolute atomic E-state index is 0.345. The molecule has 2 aromatic rings. The Morgan fingerprint density at radius 1 is 1.09 bits per heavy atom. The Morgan fingerprint density at radius 2 is 1.86 bits per heavy atom. The fraction of sp³-hybridized carbons (Fsp3) is 0.368. The summed E-state index contributed by atoms with van der Waals surface area (Å²) in [6, 6.07) is 12.8. The zero-order valence-electron chi connectivity index (χ0n) is 13.5. The molecule has 0 fully saturated rings. The molecule has 1 atom stereocenters. The molecule has 0 amide bonds. The van der Waals surface area contributed by atoms with E-state index in [2.05, 4.69) is 48.6 Å². The summed E-state index contributed by atoms with van der Waals surface area (Å²) in [4.78, 5) is 0. The number of rotatable bonds is 3. The van der Waals surface area contributed by atoms with Gasteiger partial charge in [-0.15, -0.1) is 0 Å². The fourth-order valence-electron chi connectivity index (χ4n) is 3.43. The standard InChI is InChI=1S/C19H23NO2/c1-13-15-9-10-20-12-17(14-7-5-4-6-8-14)16(15)11-18(21-2)19(13)22-3/h4-8,11,17,20H,9-10,12H2,1-3H3. The highest BCUT2D eigenvalue weighted by Gasteiger charge is 2.25. The Bertz CT molecular complexity index is 652. The maximum atomic E-state index is 5.57. The van der Waals surface area contributed by atoms with Crippen LogP contribution in [0.2, 0.25) is 0 Å². The molecule has 1 N–H and O–H groups in total. The van der Waals surface area contributed by atoms with E-state index in [0.717, 1.165) is 31.0 Å². The second kappa shape index (κ2) is 6.41. The van der Waals surface area contributed by atoms with Gasteiger partial charge in [-0.05, 0) is 48.2 Å². The van der Waals surface area contributed by atoms with Gasteiger partial charge in [0.2, 0.25) is 0 Å². The van der Waals surface area contributed by atoms with Gasteiger partial charge in [0, 0.05) is 12.5 Å². The number of nitrogens with one attached hydrogen (secondary N) is 1. The van der Waals surface area contributed by atoms with Crippen molar-refractivity contribution >= 4 is 0 Å². The van der Waals surface area contributed by atoms with E-state index in [1.54, 1.807) is 14.2 Å². The van der Waals surface area contributed by atoms with Crippen LogP contribution in [0.15, 0.2) is 36.4 Å². The Labute approximate surface area is 132 Å². The zero-order chi connectivity index (χ0) is 15.5. The average molecular weight is 297 g/mol. The molecule has 1 aliphatic rings. The van der Waals surface area contributed by atoms with Crippen LogP contribution in [0.1, 0.15) is 28.2 Å². The van der Waals surface area contributed by atoms with Crippen LogP contribution in [0.3, 0.4) is 0 Å². The highest BCUT2D eigenvalue weighted by molar-refractivity contribution is 5.57. The van der Waals surface area contributed by atoms with Gasteiger partial charge >= 0.3 is 0 Å². The molecule has 0 saturated carbocycles. The van der Waals surface area contributed by atoms with Crippen molar-refractivity contribution in [2.75, 3.05) is 27.3 Å². The quantitative estimate of drug-likeness (QED) is 0.943. The van der Waals surface area contributed by atoms with Crippen molar-refractivity contribution in [3.05, 3.63) is 58.7 Å². The van der Waals surface area contributed by atoms with E-state index in [4.69, 9.17) is 9.47 Å². The van der Waals surface area contributed by atoms with Crippen molar-refractivity contribution in [1.29, 1.82) is 0 Å². The molecule has 0 aromatic heterocycles. The summed E-state index contributed by atoms with van der Waals surface area (Å²) in [6.45, 7) is 4.08. The van der Waals surface area contributed by atoms with E-state index < -0.39 is 0 Å². The van der Waals surface area contributed by atoms with E-state index in [-0.39, 0.29) is 0 Å². The largest absolute Gasteiger partial charge is 0.493 e. The SMILES string of the molecule is COc1cc2c(c(C)c1OC)CCNCC2c1ccccc1. The number of hydrogen-bond acceptors (Lipinski definition) is 3. The summed E-state index contributed by atoms with van der Waals surface area (Å²) in [5.41, 5.74) is 5.27. The van der Waals surface area contributed by atoms with Crippen LogP contribution in [0, 0.1) is 6.92 Å². The van der Waals surface area contributed by atoms with Crippen molar-refractivity contribution in [2.24, 2.45) is 0 Å². The zero-order valence-corrected chi connectivity index (χ0v) is 13.5. The first-order chi connectivity index (χ1) is 10.8. The van der Waals surface area contributed by atoms with Crippen LogP contribution in [0.5, 0.6) is 11.5 Å². The molecule has 3 nitrogen and oxygen atoms in total. The van der Waals surface area contributed by atoms with Crippen molar-refractivity contribution in [3.8, 4) is 11.5 Å².